The lowest BCUT2D eigenvalue weighted by Crippen LogP contribution is -2.60. The number of nitrogens with zero attached hydrogens (tertiary/aromatic N) is 1. The molecule has 1 aliphatic heterocycles. The average Bonchev–Trinajstić information content (AvgIpc) is 3.19. The Labute approximate surface area is 332 Å². The van der Waals surface area contributed by atoms with Crippen LogP contribution in [0.4, 0.5) is 0 Å². The van der Waals surface area contributed by atoms with Gasteiger partial charge in [0.2, 0.25) is 29.5 Å². The fourth-order valence-electron chi connectivity index (χ4n) is 6.51. The number of aliphatic hydroxyl groups is 1. The number of hydrogen-bond donors (Lipinski definition) is 7. The third kappa shape index (κ3) is 14.3. The second-order valence-electron chi connectivity index (χ2n) is 14.5. The summed E-state index contributed by atoms with van der Waals surface area (Å²) in [4.78, 5) is 78.5. The van der Waals surface area contributed by atoms with Crippen molar-refractivity contribution >= 4 is 35.5 Å². The molecule has 3 aromatic rings. The zero-order valence-electron chi connectivity index (χ0n) is 32.4. The number of primary amides is 1. The van der Waals surface area contributed by atoms with E-state index in [0.717, 1.165) is 43.7 Å². The Morgan fingerprint density at radius 2 is 1.32 bits per heavy atom. The molecule has 0 aliphatic carbocycles. The Hall–Kier alpha value is -5.80. The fraction of sp³-hybridized carbons (Fsp3) is 0.429. The van der Waals surface area contributed by atoms with Crippen molar-refractivity contribution in [3.63, 3.8) is 0 Å². The standard InChI is InChI=1S/C42H54N6O9/c1-27(2)38(47-36(50)19-22-48-20-17-31(18-21-48)57-35-16-10-9-15-30(35)23-28-11-5-3-6-12-28)42(56)46-34(26-49)41(55)45-33(25-37(51)52)40(54)44-32(39(43)53)24-29-13-7-4-8-14-29/h3-16,27,31-34,38,49H,17-26H2,1-2H3,(H2,43,53)(H,44,54)(H,45,55)(H,46,56)(H,47,50)(H,51,52)/t32-,33+,34+,38+/m1/s1. The summed E-state index contributed by atoms with van der Waals surface area (Å²) in [6.45, 7) is 4.45. The first-order chi connectivity index (χ1) is 27.3. The number of rotatable bonds is 21. The maximum atomic E-state index is 13.3. The van der Waals surface area contributed by atoms with Crippen molar-refractivity contribution in [1.29, 1.82) is 0 Å². The van der Waals surface area contributed by atoms with Gasteiger partial charge in [0.25, 0.3) is 0 Å². The molecular weight excluding hydrogens is 732 g/mol. The van der Waals surface area contributed by atoms with Crippen LogP contribution in [0.15, 0.2) is 84.9 Å². The number of aliphatic carboxylic acids is 1. The summed E-state index contributed by atoms with van der Waals surface area (Å²) in [6.07, 6.45) is 1.67. The molecule has 0 unspecified atom stereocenters. The first-order valence-corrected chi connectivity index (χ1v) is 19.2. The Balaban J connectivity index is 1.25. The molecule has 8 N–H and O–H groups in total. The molecule has 0 spiro atoms. The largest absolute Gasteiger partial charge is 0.490 e. The monoisotopic (exact) mass is 786 g/mol. The van der Waals surface area contributed by atoms with Crippen LogP contribution in [0.5, 0.6) is 5.75 Å². The summed E-state index contributed by atoms with van der Waals surface area (Å²) < 4.78 is 6.43. The van der Waals surface area contributed by atoms with Gasteiger partial charge in [0, 0.05) is 38.9 Å². The molecule has 0 aromatic heterocycles. The van der Waals surface area contributed by atoms with Crippen LogP contribution < -0.4 is 31.7 Å². The van der Waals surface area contributed by atoms with Gasteiger partial charge in [0.1, 0.15) is 36.0 Å². The van der Waals surface area contributed by atoms with Gasteiger partial charge in [-0.1, -0.05) is 92.7 Å². The molecule has 5 amide bonds. The zero-order valence-corrected chi connectivity index (χ0v) is 32.4. The van der Waals surface area contributed by atoms with E-state index in [0.29, 0.717) is 12.1 Å². The molecule has 15 heteroatoms. The summed E-state index contributed by atoms with van der Waals surface area (Å²) in [5.41, 5.74) is 8.49. The van der Waals surface area contributed by atoms with Crippen LogP contribution in [-0.2, 0) is 41.6 Å². The van der Waals surface area contributed by atoms with Crippen molar-refractivity contribution in [3.8, 4) is 5.75 Å². The first-order valence-electron chi connectivity index (χ1n) is 19.2. The molecular formula is C42H54N6O9. The molecule has 0 bridgehead atoms. The Morgan fingerprint density at radius 3 is 1.91 bits per heavy atom. The normalized spacial score (nSPS) is 15.4. The number of carboxylic acid groups (broad SMARTS) is 1. The number of likely N-dealkylation sites (tertiary alicyclic amines) is 1. The van der Waals surface area contributed by atoms with Crippen molar-refractivity contribution in [3.05, 3.63) is 102 Å². The number of carbonyl (C=O) groups is 6. The lowest BCUT2D eigenvalue weighted by atomic mass is 10.0. The van der Waals surface area contributed by atoms with Gasteiger partial charge in [-0.15, -0.1) is 0 Å². The van der Waals surface area contributed by atoms with Crippen molar-refractivity contribution in [1.82, 2.24) is 26.2 Å². The first kappa shape index (κ1) is 43.9. The maximum Gasteiger partial charge on any atom is 0.305 e. The van der Waals surface area contributed by atoms with Crippen molar-refractivity contribution in [2.24, 2.45) is 11.7 Å². The van der Waals surface area contributed by atoms with Crippen LogP contribution in [0.2, 0.25) is 0 Å². The molecule has 57 heavy (non-hydrogen) atoms. The van der Waals surface area contributed by atoms with Gasteiger partial charge in [-0.25, -0.2) is 0 Å². The smallest absolute Gasteiger partial charge is 0.305 e. The molecule has 306 valence electrons. The number of nitrogens with one attached hydrogen (secondary N) is 4. The van der Waals surface area contributed by atoms with Crippen molar-refractivity contribution < 1.29 is 43.7 Å². The molecule has 15 nitrogen and oxygen atoms in total. The van der Waals surface area contributed by atoms with E-state index in [-0.39, 0.29) is 24.9 Å². The van der Waals surface area contributed by atoms with Gasteiger partial charge in [-0.2, -0.15) is 0 Å². The van der Waals surface area contributed by atoms with Crippen LogP contribution in [-0.4, -0.2) is 107 Å². The van der Waals surface area contributed by atoms with Crippen LogP contribution in [0.25, 0.3) is 0 Å². The Kier molecular flexibility index (Phi) is 17.0. The Bertz CT molecular complexity index is 1800. The number of carboxylic acids is 1. The second-order valence-corrected chi connectivity index (χ2v) is 14.5. The summed E-state index contributed by atoms with van der Waals surface area (Å²) in [7, 11) is 0. The fourth-order valence-corrected chi connectivity index (χ4v) is 6.51. The number of para-hydroxylation sites is 1. The molecule has 1 saturated heterocycles. The van der Waals surface area contributed by atoms with Gasteiger partial charge in [0.15, 0.2) is 0 Å². The molecule has 0 saturated carbocycles. The number of carbonyl (C=O) groups excluding carboxylic acids is 5. The van der Waals surface area contributed by atoms with E-state index in [4.69, 9.17) is 10.5 Å². The quantitative estimate of drug-likeness (QED) is 0.0819. The molecule has 3 aromatic carbocycles. The third-order valence-corrected chi connectivity index (χ3v) is 9.73. The number of piperidine rings is 1. The van der Waals surface area contributed by atoms with E-state index in [1.807, 2.05) is 36.4 Å². The van der Waals surface area contributed by atoms with Crippen LogP contribution in [0.3, 0.4) is 0 Å². The predicted molar refractivity (Wildman–Crippen MR) is 212 cm³/mol. The van der Waals surface area contributed by atoms with Crippen LogP contribution in [0, 0.1) is 5.92 Å². The van der Waals surface area contributed by atoms with Gasteiger partial charge in [0.05, 0.1) is 13.0 Å². The van der Waals surface area contributed by atoms with Crippen molar-refractivity contribution in [2.45, 2.75) is 82.6 Å². The number of benzene rings is 3. The highest BCUT2D eigenvalue weighted by molar-refractivity contribution is 5.96. The van der Waals surface area contributed by atoms with E-state index in [1.165, 1.54) is 5.56 Å². The second kappa shape index (κ2) is 22.1. The molecule has 1 aliphatic rings. The van der Waals surface area contributed by atoms with Gasteiger partial charge < -0.3 is 46.9 Å². The highest BCUT2D eigenvalue weighted by Crippen LogP contribution is 2.25. The minimum Gasteiger partial charge on any atom is -0.490 e. The average molecular weight is 787 g/mol. The van der Waals surface area contributed by atoms with Gasteiger partial charge >= 0.3 is 5.97 Å². The number of amides is 5. The number of hydrogen-bond acceptors (Lipinski definition) is 9. The van der Waals surface area contributed by atoms with Crippen LogP contribution in [0.1, 0.15) is 56.2 Å². The van der Waals surface area contributed by atoms with Gasteiger partial charge in [-0.3, -0.25) is 28.8 Å². The summed E-state index contributed by atoms with van der Waals surface area (Å²) >= 11 is 0. The number of nitrogens with two attached hydrogens (primary N) is 1. The lowest BCUT2D eigenvalue weighted by Gasteiger charge is -2.32. The van der Waals surface area contributed by atoms with Crippen LogP contribution >= 0.6 is 0 Å². The van der Waals surface area contributed by atoms with E-state index < -0.39 is 72.7 Å². The minimum absolute atomic E-state index is 0.0199. The lowest BCUT2D eigenvalue weighted by molar-refractivity contribution is -0.141. The number of ether oxygens (including phenoxy) is 1. The van der Waals surface area contributed by atoms with E-state index >= 15 is 0 Å². The summed E-state index contributed by atoms with van der Waals surface area (Å²) in [5, 5.41) is 29.2. The van der Waals surface area contributed by atoms with E-state index in [9.17, 15) is 39.0 Å². The summed E-state index contributed by atoms with van der Waals surface area (Å²) in [6, 6.07) is 21.4. The molecule has 1 fully saturated rings. The number of aliphatic hydroxyl groups excluding tert-OH is 1. The molecule has 0 radical (unpaired) electrons. The molecule has 1 heterocycles. The zero-order chi connectivity index (χ0) is 41.3. The topological polar surface area (TPSA) is 229 Å². The Morgan fingerprint density at radius 1 is 0.754 bits per heavy atom. The maximum absolute atomic E-state index is 13.3. The minimum atomic E-state index is -1.67. The highest BCUT2D eigenvalue weighted by atomic mass is 16.5. The summed E-state index contributed by atoms with van der Waals surface area (Å²) in [5.74, 6) is -5.02. The third-order valence-electron chi connectivity index (χ3n) is 9.73. The molecule has 4 rings (SSSR count). The van der Waals surface area contributed by atoms with E-state index in [1.54, 1.807) is 44.2 Å². The SMILES string of the molecule is CC(C)[C@H](NC(=O)CCN1CCC(Oc2ccccc2Cc2ccccc2)CC1)C(=O)N[C@@H](CO)C(=O)N[C@@H](CC(=O)O)C(=O)N[C@H](Cc1ccccc1)C(N)=O. The van der Waals surface area contributed by atoms with Crippen molar-refractivity contribution in [2.75, 3.05) is 26.2 Å². The predicted octanol–water partition coefficient (Wildman–Crippen LogP) is 1.30. The molecule has 4 atom stereocenters. The van der Waals surface area contributed by atoms with E-state index in [2.05, 4.69) is 44.4 Å². The highest BCUT2D eigenvalue weighted by Gasteiger charge is 2.33. The van der Waals surface area contributed by atoms with Gasteiger partial charge in [-0.05, 0) is 41.5 Å².